The summed E-state index contributed by atoms with van der Waals surface area (Å²) in [5.41, 5.74) is -5.65. The van der Waals surface area contributed by atoms with Crippen LogP contribution in [-0.4, -0.2) is 53.2 Å². The van der Waals surface area contributed by atoms with Crippen molar-refractivity contribution in [3.63, 3.8) is 0 Å². The Bertz CT molecular complexity index is 695. The Morgan fingerprint density at radius 1 is 1.14 bits per heavy atom. The Morgan fingerprint density at radius 2 is 1.66 bits per heavy atom. The molecule has 1 fully saturated rings. The molecule has 0 aromatic carbocycles. The van der Waals surface area contributed by atoms with Gasteiger partial charge in [-0.2, -0.15) is 13.2 Å². The first-order valence-electron chi connectivity index (χ1n) is 9.22. The topological polar surface area (TPSA) is 93.7 Å². The number of alkyl halides is 3. The minimum absolute atomic E-state index is 0.699. The minimum Gasteiger partial charge on any atom is -0.741 e. The molecule has 29 heavy (non-hydrogen) atoms. The normalized spacial score (nSPS) is 16.4. The second-order valence-corrected chi connectivity index (χ2v) is 11.2. The van der Waals surface area contributed by atoms with Gasteiger partial charge < -0.3 is 17.8 Å². The Hall–Kier alpha value is -0.993. The van der Waals surface area contributed by atoms with Crippen LogP contribution >= 0.6 is 0 Å². The number of nitrogens with zero attached hydrogens (tertiary/aromatic N) is 2. The number of hydrogen-bond donors (Lipinski definition) is 0. The second kappa shape index (κ2) is 11.4. The van der Waals surface area contributed by atoms with E-state index in [0.29, 0.717) is 6.04 Å². The molecule has 1 aromatic heterocycles. The van der Waals surface area contributed by atoms with Crippen LogP contribution in [0.1, 0.15) is 44.6 Å². The lowest BCUT2D eigenvalue weighted by atomic mass is 9.95. The lowest BCUT2D eigenvalue weighted by molar-refractivity contribution is -0.725. The van der Waals surface area contributed by atoms with Crippen LogP contribution in [0.15, 0.2) is 18.7 Å². The molecule has 0 bridgehead atoms. The van der Waals surface area contributed by atoms with E-state index in [2.05, 4.69) is 27.9 Å². The molecule has 1 saturated carbocycles. The van der Waals surface area contributed by atoms with Gasteiger partial charge in [-0.15, -0.1) is 0 Å². The summed E-state index contributed by atoms with van der Waals surface area (Å²) in [5.74, 6) is 0. The van der Waals surface area contributed by atoms with Gasteiger partial charge in [-0.25, -0.2) is 17.6 Å². The highest BCUT2D eigenvalue weighted by Crippen LogP contribution is 2.23. The molecule has 0 unspecified atom stereocenters. The van der Waals surface area contributed by atoms with Gasteiger partial charge in [-0.05, 0) is 32.1 Å². The van der Waals surface area contributed by atoms with Gasteiger partial charge >= 0.3 is 14.3 Å². The molecule has 8 nitrogen and oxygen atoms in total. The number of hydrogen-bond acceptors (Lipinski definition) is 6. The molecule has 1 aromatic rings. The van der Waals surface area contributed by atoms with Crippen LogP contribution in [-0.2, 0) is 29.9 Å². The smallest absolute Gasteiger partial charge is 0.500 e. The van der Waals surface area contributed by atoms with Crippen molar-refractivity contribution in [3.05, 3.63) is 18.7 Å². The maximum atomic E-state index is 10.7. The van der Waals surface area contributed by atoms with Gasteiger partial charge in [0.25, 0.3) is 0 Å². The fourth-order valence-electron chi connectivity index (χ4n) is 3.17. The summed E-state index contributed by atoms with van der Waals surface area (Å²) in [6, 6.07) is 1.54. The number of rotatable bonds is 8. The van der Waals surface area contributed by atoms with Gasteiger partial charge in [-0.1, -0.05) is 6.42 Å². The van der Waals surface area contributed by atoms with E-state index in [9.17, 15) is 13.2 Å². The summed E-state index contributed by atoms with van der Waals surface area (Å²) in [6.45, 7) is 0.977. The van der Waals surface area contributed by atoms with Gasteiger partial charge in [0.15, 0.2) is 10.1 Å². The van der Waals surface area contributed by atoms with E-state index in [0.717, 1.165) is 19.0 Å². The standard InChI is InChI=1S/C15H29N2O3Si.CHF3O3S/c1-18-21(19-2,20-3)13-7-10-16-11-12-17(14-16)15-8-5-4-6-9-15;2-1(3,4)8(5,6)7/h11-12,14-15H,4-10,13H2,1-3H3;(H,5,6,7)/q+1;/p-1. The van der Waals surface area contributed by atoms with E-state index in [1.165, 1.54) is 32.1 Å². The lowest BCUT2D eigenvalue weighted by Crippen LogP contribution is -2.42. The van der Waals surface area contributed by atoms with Crippen molar-refractivity contribution in [3.8, 4) is 0 Å². The SMILES string of the molecule is CO[Si](CCCn1cc[n+](C2CCCCC2)c1)(OC)OC.O=S(=O)([O-])C(F)(F)F. The average Bonchev–Trinajstić information content (AvgIpc) is 3.14. The Balaban J connectivity index is 0.000000447. The predicted molar refractivity (Wildman–Crippen MR) is 98.7 cm³/mol. The highest BCUT2D eigenvalue weighted by atomic mass is 32.2. The van der Waals surface area contributed by atoms with E-state index in [1.807, 2.05) is 0 Å². The molecule has 0 atom stereocenters. The molecule has 2 rings (SSSR count). The summed E-state index contributed by atoms with van der Waals surface area (Å²) in [4.78, 5) is 0. The molecular weight excluding hydrogens is 433 g/mol. The molecule has 1 heterocycles. The van der Waals surface area contributed by atoms with Crippen LogP contribution < -0.4 is 4.57 Å². The zero-order valence-electron chi connectivity index (χ0n) is 16.9. The van der Waals surface area contributed by atoms with Crippen LogP contribution in [0.3, 0.4) is 0 Å². The lowest BCUT2D eigenvalue weighted by Gasteiger charge is -2.23. The summed E-state index contributed by atoms with van der Waals surface area (Å²) in [5, 5.41) is 0. The Kier molecular flexibility index (Phi) is 10.2. The maximum absolute atomic E-state index is 10.7. The third kappa shape index (κ3) is 8.34. The van der Waals surface area contributed by atoms with E-state index in [1.54, 1.807) is 21.3 Å². The van der Waals surface area contributed by atoms with Gasteiger partial charge in [0.2, 0.25) is 6.33 Å². The monoisotopic (exact) mass is 462 g/mol. The Labute approximate surface area is 170 Å². The highest BCUT2D eigenvalue weighted by molar-refractivity contribution is 7.86. The molecular formula is C16H29F3N2O6SSi. The minimum atomic E-state index is -6.09. The molecule has 0 spiro atoms. The highest BCUT2D eigenvalue weighted by Gasteiger charge is 2.37. The fraction of sp³-hybridized carbons (Fsp3) is 0.812. The van der Waals surface area contributed by atoms with Crippen molar-refractivity contribution in [2.24, 2.45) is 0 Å². The van der Waals surface area contributed by atoms with Crippen LogP contribution in [0, 0.1) is 0 Å². The second-order valence-electron chi connectivity index (χ2n) is 6.69. The number of aromatic nitrogens is 2. The van der Waals surface area contributed by atoms with Gasteiger partial charge in [0, 0.05) is 27.4 Å². The number of imidazole rings is 1. The zero-order valence-corrected chi connectivity index (χ0v) is 18.7. The Morgan fingerprint density at radius 3 is 2.10 bits per heavy atom. The maximum Gasteiger partial charge on any atom is 0.500 e. The van der Waals surface area contributed by atoms with Crippen molar-refractivity contribution in [2.75, 3.05) is 21.3 Å². The van der Waals surface area contributed by atoms with Crippen molar-refractivity contribution >= 4 is 18.9 Å². The van der Waals surface area contributed by atoms with E-state index >= 15 is 0 Å². The van der Waals surface area contributed by atoms with Crippen LogP contribution in [0.2, 0.25) is 6.04 Å². The molecule has 0 aliphatic heterocycles. The van der Waals surface area contributed by atoms with Crippen LogP contribution in [0.5, 0.6) is 0 Å². The molecule has 0 radical (unpaired) electrons. The average molecular weight is 463 g/mol. The number of halogens is 3. The van der Waals surface area contributed by atoms with Crippen LogP contribution in [0.25, 0.3) is 0 Å². The first-order chi connectivity index (χ1) is 13.5. The first kappa shape index (κ1) is 26.0. The summed E-state index contributed by atoms with van der Waals surface area (Å²) in [7, 11) is -3.49. The molecule has 0 amide bonds. The summed E-state index contributed by atoms with van der Waals surface area (Å²) in [6.07, 6.45) is 14.4. The molecule has 0 N–H and O–H groups in total. The van der Waals surface area contributed by atoms with Crippen molar-refractivity contribution in [1.82, 2.24) is 4.57 Å². The van der Waals surface area contributed by atoms with Crippen molar-refractivity contribution in [1.29, 1.82) is 0 Å². The van der Waals surface area contributed by atoms with Crippen LogP contribution in [0.4, 0.5) is 13.2 Å². The quantitative estimate of drug-likeness (QED) is 0.255. The largest absolute Gasteiger partial charge is 0.741 e. The van der Waals surface area contributed by atoms with Crippen molar-refractivity contribution in [2.45, 2.75) is 62.7 Å². The molecule has 1 aliphatic rings. The number of aryl methyl sites for hydroxylation is 1. The van der Waals surface area contributed by atoms with Crippen molar-refractivity contribution < 1.29 is 44.0 Å². The van der Waals surface area contributed by atoms with E-state index in [4.69, 9.17) is 26.2 Å². The molecule has 170 valence electrons. The van der Waals surface area contributed by atoms with Gasteiger partial charge in [0.1, 0.15) is 18.4 Å². The fourth-order valence-corrected chi connectivity index (χ4v) is 4.88. The van der Waals surface area contributed by atoms with E-state index in [-0.39, 0.29) is 0 Å². The molecule has 1 aliphatic carbocycles. The van der Waals surface area contributed by atoms with Gasteiger partial charge in [0.05, 0.1) is 6.54 Å². The van der Waals surface area contributed by atoms with E-state index < -0.39 is 24.4 Å². The predicted octanol–water partition coefficient (Wildman–Crippen LogP) is 2.60. The molecule has 0 saturated heterocycles. The van der Waals surface area contributed by atoms with Gasteiger partial charge in [-0.3, -0.25) is 0 Å². The zero-order chi connectivity index (χ0) is 22.1. The summed E-state index contributed by atoms with van der Waals surface area (Å²) < 4.78 is 79.9. The summed E-state index contributed by atoms with van der Waals surface area (Å²) >= 11 is 0. The first-order valence-corrected chi connectivity index (χ1v) is 12.6. The third-order valence-corrected chi connectivity index (χ3v) is 8.22. The molecule has 13 heteroatoms. The third-order valence-electron chi connectivity index (χ3n) is 4.82.